The summed E-state index contributed by atoms with van der Waals surface area (Å²) >= 11 is 0. The van der Waals surface area contributed by atoms with Crippen molar-refractivity contribution in [2.75, 3.05) is 20.4 Å². The average molecular weight is 361 g/mol. The fourth-order valence-corrected chi connectivity index (χ4v) is 3.44. The molecule has 2 rings (SSSR count). The third-order valence-electron chi connectivity index (χ3n) is 4.12. The number of nitrogens with zero attached hydrogens (tertiary/aromatic N) is 1. The van der Waals surface area contributed by atoms with Crippen molar-refractivity contribution in [3.63, 3.8) is 0 Å². The Hall–Kier alpha value is -2.34. The molecular weight excluding hydrogens is 338 g/mol. The standard InChI is InChI=1S/C19H23NO4S/c1-14(17-7-5-6-8-18(17)24-3)20(2)19(21)16-11-9-15(10-12-16)13-25(4,22)23/h5-12,14H,13H2,1-4H3. The largest absolute Gasteiger partial charge is 0.496 e. The van der Waals surface area contributed by atoms with Crippen molar-refractivity contribution in [3.05, 3.63) is 65.2 Å². The van der Waals surface area contributed by atoms with Gasteiger partial charge in [-0.15, -0.1) is 0 Å². The Kier molecular flexibility index (Phi) is 5.85. The number of hydrogen-bond acceptors (Lipinski definition) is 4. The quantitative estimate of drug-likeness (QED) is 0.793. The van der Waals surface area contributed by atoms with Gasteiger partial charge in [-0.1, -0.05) is 30.3 Å². The molecule has 1 atom stereocenters. The summed E-state index contributed by atoms with van der Waals surface area (Å²) in [7, 11) is 0.252. The van der Waals surface area contributed by atoms with Gasteiger partial charge in [0.05, 0.1) is 18.9 Å². The van der Waals surface area contributed by atoms with Crippen molar-refractivity contribution >= 4 is 15.7 Å². The summed E-state index contributed by atoms with van der Waals surface area (Å²) in [4.78, 5) is 14.4. The molecule has 0 aliphatic rings. The molecule has 1 unspecified atom stereocenters. The Bertz CT molecular complexity index is 844. The minimum atomic E-state index is -3.09. The Labute approximate surface area is 149 Å². The molecular formula is C19H23NO4S. The molecule has 1 amide bonds. The normalized spacial score (nSPS) is 12.5. The lowest BCUT2D eigenvalue weighted by molar-refractivity contribution is 0.0741. The van der Waals surface area contributed by atoms with Gasteiger partial charge in [0.15, 0.2) is 9.84 Å². The number of ether oxygens (including phenoxy) is 1. The highest BCUT2D eigenvalue weighted by Crippen LogP contribution is 2.29. The van der Waals surface area contributed by atoms with Gasteiger partial charge in [-0.3, -0.25) is 4.79 Å². The summed E-state index contributed by atoms with van der Waals surface area (Å²) in [6.07, 6.45) is 1.19. The van der Waals surface area contributed by atoms with Crippen LogP contribution in [-0.4, -0.2) is 39.6 Å². The van der Waals surface area contributed by atoms with E-state index in [1.165, 1.54) is 6.26 Å². The summed E-state index contributed by atoms with van der Waals surface area (Å²) in [5.41, 5.74) is 2.11. The minimum Gasteiger partial charge on any atom is -0.496 e. The van der Waals surface area contributed by atoms with Gasteiger partial charge in [0, 0.05) is 24.4 Å². The number of benzene rings is 2. The predicted octanol–water partition coefficient (Wildman–Crippen LogP) is 3.07. The molecule has 0 heterocycles. The number of para-hydroxylation sites is 1. The smallest absolute Gasteiger partial charge is 0.254 e. The second-order valence-corrected chi connectivity index (χ2v) is 8.24. The molecule has 0 aliphatic carbocycles. The number of methoxy groups -OCH3 is 1. The molecule has 2 aromatic rings. The molecule has 134 valence electrons. The lowest BCUT2D eigenvalue weighted by Crippen LogP contribution is -2.29. The Morgan fingerprint density at radius 3 is 2.28 bits per heavy atom. The van der Waals surface area contributed by atoms with Crippen molar-refractivity contribution in [2.45, 2.75) is 18.7 Å². The van der Waals surface area contributed by atoms with Crippen LogP contribution in [0.15, 0.2) is 48.5 Å². The minimum absolute atomic E-state index is 0.0328. The van der Waals surface area contributed by atoms with E-state index in [-0.39, 0.29) is 17.7 Å². The van der Waals surface area contributed by atoms with Crippen LogP contribution in [0.5, 0.6) is 5.75 Å². The number of carbonyl (C=O) groups excluding carboxylic acids is 1. The zero-order valence-electron chi connectivity index (χ0n) is 14.9. The first-order chi connectivity index (χ1) is 11.7. The van der Waals surface area contributed by atoms with Gasteiger partial charge >= 0.3 is 0 Å². The van der Waals surface area contributed by atoms with Gasteiger partial charge in [-0.05, 0) is 30.7 Å². The lowest BCUT2D eigenvalue weighted by atomic mass is 10.0. The monoisotopic (exact) mass is 361 g/mol. The molecule has 2 aromatic carbocycles. The number of carbonyl (C=O) groups is 1. The van der Waals surface area contributed by atoms with E-state index in [9.17, 15) is 13.2 Å². The van der Waals surface area contributed by atoms with Crippen molar-refractivity contribution in [1.29, 1.82) is 0 Å². The molecule has 6 heteroatoms. The summed E-state index contributed by atoms with van der Waals surface area (Å²) in [5.74, 6) is 0.567. The summed E-state index contributed by atoms with van der Waals surface area (Å²) < 4.78 is 28.1. The molecule has 0 N–H and O–H groups in total. The van der Waals surface area contributed by atoms with Gasteiger partial charge < -0.3 is 9.64 Å². The van der Waals surface area contributed by atoms with E-state index in [2.05, 4.69) is 0 Å². The lowest BCUT2D eigenvalue weighted by Gasteiger charge is -2.26. The maximum atomic E-state index is 12.7. The summed E-state index contributed by atoms with van der Waals surface area (Å²) in [5, 5.41) is 0. The van der Waals surface area contributed by atoms with E-state index >= 15 is 0 Å². The number of rotatable bonds is 6. The molecule has 25 heavy (non-hydrogen) atoms. The van der Waals surface area contributed by atoms with E-state index in [1.807, 2.05) is 31.2 Å². The molecule has 0 aromatic heterocycles. The van der Waals surface area contributed by atoms with Gasteiger partial charge in [0.25, 0.3) is 5.91 Å². The van der Waals surface area contributed by atoms with Crippen molar-refractivity contribution < 1.29 is 17.9 Å². The maximum Gasteiger partial charge on any atom is 0.254 e. The molecule has 0 radical (unpaired) electrons. The highest BCUT2D eigenvalue weighted by molar-refractivity contribution is 7.89. The van der Waals surface area contributed by atoms with Crippen LogP contribution in [0.25, 0.3) is 0 Å². The molecule has 0 spiro atoms. The van der Waals surface area contributed by atoms with Gasteiger partial charge in [-0.2, -0.15) is 0 Å². The molecule has 0 saturated carbocycles. The molecule has 0 aliphatic heterocycles. The average Bonchev–Trinajstić information content (AvgIpc) is 2.59. The first-order valence-corrected chi connectivity index (χ1v) is 9.95. The van der Waals surface area contributed by atoms with Crippen molar-refractivity contribution in [2.24, 2.45) is 0 Å². The molecule has 5 nitrogen and oxygen atoms in total. The summed E-state index contributed by atoms with van der Waals surface area (Å²) in [6, 6.07) is 14.1. The zero-order valence-corrected chi connectivity index (χ0v) is 15.7. The van der Waals surface area contributed by atoms with E-state index in [4.69, 9.17) is 4.74 Å². The van der Waals surface area contributed by atoms with E-state index in [0.29, 0.717) is 11.1 Å². The van der Waals surface area contributed by atoms with Crippen LogP contribution < -0.4 is 4.74 Å². The second kappa shape index (κ2) is 7.70. The van der Waals surface area contributed by atoms with Crippen LogP contribution in [0.3, 0.4) is 0 Å². The van der Waals surface area contributed by atoms with Gasteiger partial charge in [-0.25, -0.2) is 8.42 Å². The zero-order chi connectivity index (χ0) is 18.6. The molecule has 0 saturated heterocycles. The van der Waals surface area contributed by atoms with Crippen LogP contribution >= 0.6 is 0 Å². The highest BCUT2D eigenvalue weighted by Gasteiger charge is 2.21. The predicted molar refractivity (Wildman–Crippen MR) is 98.5 cm³/mol. The number of amides is 1. The van der Waals surface area contributed by atoms with Gasteiger partial charge in [0.2, 0.25) is 0 Å². The van der Waals surface area contributed by atoms with E-state index in [0.717, 1.165) is 11.3 Å². The van der Waals surface area contributed by atoms with Crippen LogP contribution in [0.2, 0.25) is 0 Å². The number of sulfone groups is 1. The van der Waals surface area contributed by atoms with Crippen molar-refractivity contribution in [3.8, 4) is 5.75 Å². The first-order valence-electron chi connectivity index (χ1n) is 7.89. The van der Waals surface area contributed by atoms with Gasteiger partial charge in [0.1, 0.15) is 5.75 Å². The van der Waals surface area contributed by atoms with Crippen molar-refractivity contribution in [1.82, 2.24) is 4.90 Å². The first kappa shape index (κ1) is 19.0. The summed E-state index contributed by atoms with van der Waals surface area (Å²) in [6.45, 7) is 1.94. The van der Waals surface area contributed by atoms with Crippen LogP contribution in [0.1, 0.15) is 34.5 Å². The molecule has 0 bridgehead atoms. The molecule has 0 fully saturated rings. The van der Waals surface area contributed by atoms with E-state index in [1.54, 1.807) is 43.3 Å². The Morgan fingerprint density at radius 1 is 1.12 bits per heavy atom. The topological polar surface area (TPSA) is 63.7 Å². The van der Waals surface area contributed by atoms with E-state index < -0.39 is 9.84 Å². The van der Waals surface area contributed by atoms with Crippen LogP contribution in [-0.2, 0) is 15.6 Å². The SMILES string of the molecule is COc1ccccc1C(C)N(C)C(=O)c1ccc(CS(C)(=O)=O)cc1. The Morgan fingerprint density at radius 2 is 1.72 bits per heavy atom. The fraction of sp³-hybridized carbons (Fsp3) is 0.316. The second-order valence-electron chi connectivity index (χ2n) is 6.10. The maximum absolute atomic E-state index is 12.7. The number of hydrogen-bond donors (Lipinski definition) is 0. The third kappa shape index (κ3) is 4.82. The highest BCUT2D eigenvalue weighted by atomic mass is 32.2. The Balaban J connectivity index is 2.19. The van der Waals surface area contributed by atoms with Crippen LogP contribution in [0, 0.1) is 0 Å². The third-order valence-corrected chi connectivity index (χ3v) is 4.98. The van der Waals surface area contributed by atoms with Crippen LogP contribution in [0.4, 0.5) is 0 Å². The fourth-order valence-electron chi connectivity index (χ4n) is 2.65.